The Bertz CT molecular complexity index is 960. The van der Waals surface area contributed by atoms with Gasteiger partial charge in [-0.3, -0.25) is 4.79 Å². The number of primary amides is 1. The molecule has 2 aromatic rings. The van der Waals surface area contributed by atoms with Crippen LogP contribution in [-0.4, -0.2) is 5.91 Å². The van der Waals surface area contributed by atoms with Crippen molar-refractivity contribution >= 4 is 12.0 Å². The zero-order valence-electron chi connectivity index (χ0n) is 17.5. The van der Waals surface area contributed by atoms with Gasteiger partial charge < -0.3 is 5.73 Å². The average molecular weight is 374 g/mol. The molecule has 2 N–H and O–H groups in total. The predicted octanol–water partition coefficient (Wildman–Crippen LogP) is 5.61. The molecule has 0 spiro atoms. The van der Waals surface area contributed by atoms with E-state index in [1.807, 2.05) is 6.07 Å². The Balaban J connectivity index is 1.76. The molecule has 28 heavy (non-hydrogen) atoms. The van der Waals surface area contributed by atoms with Crippen molar-refractivity contribution in [3.05, 3.63) is 76.4 Å². The molecule has 1 amide bonds. The van der Waals surface area contributed by atoms with Crippen LogP contribution in [0.1, 0.15) is 81.2 Å². The number of rotatable bonds is 4. The van der Waals surface area contributed by atoms with E-state index in [0.29, 0.717) is 0 Å². The maximum Gasteiger partial charge on any atom is 0.241 e. The molecule has 1 fully saturated rings. The van der Waals surface area contributed by atoms with Gasteiger partial charge in [-0.1, -0.05) is 70.2 Å². The molecule has 0 aromatic heterocycles. The van der Waals surface area contributed by atoms with E-state index in [1.54, 1.807) is 6.08 Å². The molecule has 2 heteroatoms. The van der Waals surface area contributed by atoms with Crippen molar-refractivity contribution in [2.45, 2.75) is 69.6 Å². The van der Waals surface area contributed by atoms with Crippen molar-refractivity contribution in [3.8, 4) is 0 Å². The first-order valence-electron chi connectivity index (χ1n) is 10.4. The van der Waals surface area contributed by atoms with E-state index in [-0.39, 0.29) is 16.2 Å². The van der Waals surface area contributed by atoms with Crippen LogP contribution in [0.25, 0.3) is 6.08 Å². The SMILES string of the molecule is CC1(C)CCC(C)(C)c2cc(C3(c4cccc(C=CC(N)=O)c4)CC3)ccc21. The van der Waals surface area contributed by atoms with E-state index in [0.717, 1.165) is 5.56 Å². The second kappa shape index (κ2) is 6.34. The van der Waals surface area contributed by atoms with Crippen LogP contribution < -0.4 is 5.73 Å². The van der Waals surface area contributed by atoms with E-state index in [1.165, 1.54) is 54.0 Å². The standard InChI is InChI=1S/C26H31NO/c1-24(2)12-13-25(3,4)22-17-20(9-10-21(22)24)26(14-15-26)19-7-5-6-18(16-19)8-11-23(27)28/h5-11,16-17H,12-15H2,1-4H3,(H2,27,28). The largest absolute Gasteiger partial charge is 0.366 e. The normalized spacial score (nSPS) is 21.3. The molecule has 0 heterocycles. The Morgan fingerprint density at radius 1 is 0.857 bits per heavy atom. The van der Waals surface area contributed by atoms with Crippen molar-refractivity contribution < 1.29 is 4.79 Å². The van der Waals surface area contributed by atoms with Crippen molar-refractivity contribution in [2.24, 2.45) is 5.73 Å². The minimum atomic E-state index is -0.411. The summed E-state index contributed by atoms with van der Waals surface area (Å²) in [7, 11) is 0. The number of fused-ring (bicyclic) bond motifs is 1. The fourth-order valence-corrected chi connectivity index (χ4v) is 4.87. The first-order chi connectivity index (χ1) is 13.1. The average Bonchev–Trinajstić information content (AvgIpc) is 3.46. The Hall–Kier alpha value is -2.35. The summed E-state index contributed by atoms with van der Waals surface area (Å²) in [5, 5.41) is 0. The fourth-order valence-electron chi connectivity index (χ4n) is 4.87. The maximum absolute atomic E-state index is 11.1. The van der Waals surface area contributed by atoms with Crippen LogP contribution in [0.2, 0.25) is 0 Å². The minimum Gasteiger partial charge on any atom is -0.366 e. The van der Waals surface area contributed by atoms with Crippen molar-refractivity contribution in [3.63, 3.8) is 0 Å². The molecule has 0 aliphatic heterocycles. The first kappa shape index (κ1) is 19.0. The summed E-state index contributed by atoms with van der Waals surface area (Å²) in [4.78, 5) is 11.1. The minimum absolute atomic E-state index is 0.114. The third-order valence-electron chi connectivity index (χ3n) is 7.03. The Kier molecular flexibility index (Phi) is 4.30. The molecule has 0 unspecified atom stereocenters. The fraction of sp³-hybridized carbons (Fsp3) is 0.423. The van der Waals surface area contributed by atoms with Crippen LogP contribution in [0, 0.1) is 0 Å². The van der Waals surface area contributed by atoms with Crippen LogP contribution >= 0.6 is 0 Å². The first-order valence-corrected chi connectivity index (χ1v) is 10.4. The zero-order chi connectivity index (χ0) is 20.2. The molecular formula is C26H31NO. The topological polar surface area (TPSA) is 43.1 Å². The lowest BCUT2D eigenvalue weighted by Crippen LogP contribution is -2.34. The maximum atomic E-state index is 11.1. The highest BCUT2D eigenvalue weighted by Crippen LogP contribution is 2.55. The van der Waals surface area contributed by atoms with Gasteiger partial charge in [-0.25, -0.2) is 0 Å². The predicted molar refractivity (Wildman–Crippen MR) is 116 cm³/mol. The summed E-state index contributed by atoms with van der Waals surface area (Å²) in [5.74, 6) is -0.411. The van der Waals surface area contributed by atoms with E-state index in [9.17, 15) is 4.79 Å². The molecule has 1 saturated carbocycles. The molecule has 2 aromatic carbocycles. The van der Waals surface area contributed by atoms with Gasteiger partial charge in [0, 0.05) is 11.5 Å². The third kappa shape index (κ3) is 3.19. The molecule has 4 rings (SSSR count). The van der Waals surface area contributed by atoms with Crippen LogP contribution in [0.3, 0.4) is 0 Å². The lowest BCUT2D eigenvalue weighted by atomic mass is 9.62. The Labute approximate surface area is 168 Å². The number of carbonyl (C=O) groups is 1. The summed E-state index contributed by atoms with van der Waals surface area (Å²) in [5.41, 5.74) is 12.7. The molecule has 0 bridgehead atoms. The molecule has 2 aliphatic carbocycles. The van der Waals surface area contributed by atoms with E-state index >= 15 is 0 Å². The summed E-state index contributed by atoms with van der Waals surface area (Å²) < 4.78 is 0. The van der Waals surface area contributed by atoms with Crippen LogP contribution in [0.4, 0.5) is 0 Å². The number of hydrogen-bond donors (Lipinski definition) is 1. The summed E-state index contributed by atoms with van der Waals surface area (Å²) in [6, 6.07) is 15.8. The van der Waals surface area contributed by atoms with E-state index in [2.05, 4.69) is 64.1 Å². The van der Waals surface area contributed by atoms with Crippen LogP contribution in [0.15, 0.2) is 48.5 Å². The number of nitrogens with two attached hydrogens (primary N) is 1. The molecule has 2 aliphatic rings. The molecule has 2 nitrogen and oxygen atoms in total. The quantitative estimate of drug-likeness (QED) is 0.695. The van der Waals surface area contributed by atoms with Gasteiger partial charge in [-0.2, -0.15) is 0 Å². The highest BCUT2D eigenvalue weighted by molar-refractivity contribution is 5.90. The smallest absolute Gasteiger partial charge is 0.241 e. The Morgan fingerprint density at radius 3 is 2.14 bits per heavy atom. The monoisotopic (exact) mass is 373 g/mol. The van der Waals surface area contributed by atoms with Crippen molar-refractivity contribution in [1.82, 2.24) is 0 Å². The van der Waals surface area contributed by atoms with Gasteiger partial charge in [0.15, 0.2) is 0 Å². The molecule has 146 valence electrons. The van der Waals surface area contributed by atoms with E-state index < -0.39 is 5.91 Å². The van der Waals surface area contributed by atoms with Gasteiger partial charge in [0.05, 0.1) is 0 Å². The molecule has 0 radical (unpaired) electrons. The highest BCUT2D eigenvalue weighted by atomic mass is 16.1. The van der Waals surface area contributed by atoms with Crippen LogP contribution in [0.5, 0.6) is 0 Å². The van der Waals surface area contributed by atoms with Gasteiger partial charge >= 0.3 is 0 Å². The second-order valence-corrected chi connectivity index (χ2v) is 9.97. The van der Waals surface area contributed by atoms with Gasteiger partial charge in [0.25, 0.3) is 0 Å². The van der Waals surface area contributed by atoms with Gasteiger partial charge in [0.2, 0.25) is 5.91 Å². The zero-order valence-corrected chi connectivity index (χ0v) is 17.5. The lowest BCUT2D eigenvalue weighted by Gasteiger charge is -2.42. The highest BCUT2D eigenvalue weighted by Gasteiger charge is 2.47. The Morgan fingerprint density at radius 2 is 1.50 bits per heavy atom. The number of hydrogen-bond acceptors (Lipinski definition) is 1. The summed E-state index contributed by atoms with van der Waals surface area (Å²) in [6.07, 6.45) is 8.07. The number of amides is 1. The van der Waals surface area contributed by atoms with E-state index in [4.69, 9.17) is 5.73 Å². The number of carbonyl (C=O) groups excluding carboxylic acids is 1. The van der Waals surface area contributed by atoms with Gasteiger partial charge in [-0.05, 0) is 70.4 Å². The second-order valence-electron chi connectivity index (χ2n) is 9.97. The third-order valence-corrected chi connectivity index (χ3v) is 7.03. The van der Waals surface area contributed by atoms with Gasteiger partial charge in [0.1, 0.15) is 0 Å². The summed E-state index contributed by atoms with van der Waals surface area (Å²) in [6.45, 7) is 9.53. The molecule has 0 saturated heterocycles. The molecule has 0 atom stereocenters. The summed E-state index contributed by atoms with van der Waals surface area (Å²) >= 11 is 0. The number of benzene rings is 2. The molecular weight excluding hydrogens is 342 g/mol. The lowest BCUT2D eigenvalue weighted by molar-refractivity contribution is -0.113. The van der Waals surface area contributed by atoms with Crippen LogP contribution in [-0.2, 0) is 21.0 Å². The van der Waals surface area contributed by atoms with Crippen molar-refractivity contribution in [1.29, 1.82) is 0 Å². The van der Waals surface area contributed by atoms with Gasteiger partial charge in [-0.15, -0.1) is 0 Å². The van der Waals surface area contributed by atoms with Crippen molar-refractivity contribution in [2.75, 3.05) is 0 Å².